The van der Waals surface area contributed by atoms with Gasteiger partial charge in [-0.3, -0.25) is 0 Å². The number of aliphatic carboxylic acids is 1. The predicted octanol–water partition coefficient (Wildman–Crippen LogP) is 2.70. The zero-order valence-electron chi connectivity index (χ0n) is 8.27. The van der Waals surface area contributed by atoms with Crippen molar-refractivity contribution in [1.82, 2.24) is 5.32 Å². The lowest BCUT2D eigenvalue weighted by Gasteiger charge is -2.11. The van der Waals surface area contributed by atoms with E-state index in [-0.39, 0.29) is 6.04 Å². The van der Waals surface area contributed by atoms with Crippen LogP contribution in [0.5, 0.6) is 0 Å². The van der Waals surface area contributed by atoms with Gasteiger partial charge in [0, 0.05) is 22.8 Å². The van der Waals surface area contributed by atoms with Crippen LogP contribution in [-0.4, -0.2) is 11.1 Å². The molecule has 1 aromatic rings. The van der Waals surface area contributed by atoms with E-state index in [0.717, 1.165) is 16.1 Å². The van der Waals surface area contributed by atoms with E-state index < -0.39 is 5.97 Å². The Balaban J connectivity index is 2.57. The number of rotatable bonds is 4. The number of carboxylic acid groups (broad SMARTS) is 1. The summed E-state index contributed by atoms with van der Waals surface area (Å²) in [7, 11) is 0. The van der Waals surface area contributed by atoms with Crippen LogP contribution in [-0.2, 0) is 4.79 Å². The van der Waals surface area contributed by atoms with Crippen molar-refractivity contribution >= 4 is 21.9 Å². The largest absolute Gasteiger partial charge is 0.478 e. The van der Waals surface area contributed by atoms with Gasteiger partial charge < -0.3 is 10.4 Å². The molecule has 0 radical (unpaired) electrons. The number of benzene rings is 1. The first-order valence-corrected chi connectivity index (χ1v) is 5.30. The molecule has 4 heteroatoms. The fourth-order valence-electron chi connectivity index (χ4n) is 1.11. The second-order valence-electron chi connectivity index (χ2n) is 3.11. The summed E-state index contributed by atoms with van der Waals surface area (Å²) in [6.45, 7) is 1.97. The summed E-state index contributed by atoms with van der Waals surface area (Å²) < 4.78 is 1.03. The van der Waals surface area contributed by atoms with E-state index in [9.17, 15) is 4.79 Å². The molecule has 0 amide bonds. The van der Waals surface area contributed by atoms with E-state index >= 15 is 0 Å². The van der Waals surface area contributed by atoms with Crippen molar-refractivity contribution in [2.75, 3.05) is 0 Å². The van der Waals surface area contributed by atoms with Crippen LogP contribution in [0.15, 0.2) is 41.0 Å². The van der Waals surface area contributed by atoms with Gasteiger partial charge in [-0.05, 0) is 24.6 Å². The minimum absolute atomic E-state index is 0.0914. The Labute approximate surface area is 96.9 Å². The lowest BCUT2D eigenvalue weighted by Crippen LogP contribution is -2.11. The number of carboxylic acids is 1. The molecule has 15 heavy (non-hydrogen) atoms. The highest BCUT2D eigenvalue weighted by Crippen LogP contribution is 2.16. The molecule has 0 aromatic heterocycles. The van der Waals surface area contributed by atoms with Gasteiger partial charge >= 0.3 is 5.97 Å². The average Bonchev–Trinajstić information content (AvgIpc) is 2.18. The van der Waals surface area contributed by atoms with E-state index in [2.05, 4.69) is 21.2 Å². The SMILES string of the molecule is CC(N/C=C/C(=O)O)c1ccc(Br)cc1. The van der Waals surface area contributed by atoms with Crippen LogP contribution in [0.4, 0.5) is 0 Å². The Hall–Kier alpha value is -1.29. The summed E-state index contributed by atoms with van der Waals surface area (Å²) in [6, 6.07) is 7.96. The molecular weight excluding hydrogens is 258 g/mol. The second kappa shape index (κ2) is 5.56. The Bertz CT molecular complexity index is 359. The van der Waals surface area contributed by atoms with E-state index in [0.29, 0.717) is 0 Å². The molecule has 0 heterocycles. The Morgan fingerprint density at radius 2 is 2.07 bits per heavy atom. The van der Waals surface area contributed by atoms with Gasteiger partial charge in [-0.25, -0.2) is 4.79 Å². The molecule has 0 spiro atoms. The second-order valence-corrected chi connectivity index (χ2v) is 4.03. The Morgan fingerprint density at radius 1 is 1.47 bits per heavy atom. The zero-order valence-corrected chi connectivity index (χ0v) is 9.86. The van der Waals surface area contributed by atoms with Crippen LogP contribution in [0.3, 0.4) is 0 Å². The van der Waals surface area contributed by atoms with Crippen molar-refractivity contribution in [3.05, 3.63) is 46.6 Å². The molecule has 0 saturated heterocycles. The normalized spacial score (nSPS) is 12.7. The Morgan fingerprint density at radius 3 is 2.60 bits per heavy atom. The lowest BCUT2D eigenvalue weighted by molar-refractivity contribution is -0.131. The summed E-state index contributed by atoms with van der Waals surface area (Å²) in [5, 5.41) is 11.4. The third kappa shape index (κ3) is 4.16. The molecule has 1 aromatic carbocycles. The topological polar surface area (TPSA) is 49.3 Å². The van der Waals surface area contributed by atoms with Gasteiger partial charge in [0.25, 0.3) is 0 Å². The van der Waals surface area contributed by atoms with Crippen LogP contribution in [0, 0.1) is 0 Å². The third-order valence-electron chi connectivity index (χ3n) is 1.94. The zero-order chi connectivity index (χ0) is 11.3. The first kappa shape index (κ1) is 11.8. The van der Waals surface area contributed by atoms with Crippen LogP contribution >= 0.6 is 15.9 Å². The summed E-state index contributed by atoms with van der Waals surface area (Å²) in [5.74, 6) is -0.953. The monoisotopic (exact) mass is 269 g/mol. The number of carbonyl (C=O) groups is 1. The van der Waals surface area contributed by atoms with E-state index in [1.54, 1.807) is 0 Å². The number of hydrogen-bond donors (Lipinski definition) is 2. The molecule has 1 atom stereocenters. The van der Waals surface area contributed by atoms with Gasteiger partial charge in [-0.2, -0.15) is 0 Å². The average molecular weight is 270 g/mol. The highest BCUT2D eigenvalue weighted by Gasteiger charge is 2.01. The van der Waals surface area contributed by atoms with Crippen molar-refractivity contribution < 1.29 is 9.90 Å². The summed E-state index contributed by atoms with van der Waals surface area (Å²) in [6.07, 6.45) is 2.52. The Kier molecular flexibility index (Phi) is 4.37. The maximum atomic E-state index is 10.2. The van der Waals surface area contributed by atoms with Crippen molar-refractivity contribution in [3.63, 3.8) is 0 Å². The minimum atomic E-state index is -0.953. The standard InChI is InChI=1S/C11H12BrNO2/c1-8(13-7-6-11(14)15)9-2-4-10(12)5-3-9/h2-8,13H,1H3,(H,14,15)/b7-6+. The number of nitrogens with one attached hydrogen (secondary N) is 1. The van der Waals surface area contributed by atoms with E-state index in [4.69, 9.17) is 5.11 Å². The van der Waals surface area contributed by atoms with Crippen molar-refractivity contribution in [3.8, 4) is 0 Å². The van der Waals surface area contributed by atoms with Gasteiger partial charge in [0.05, 0.1) is 0 Å². The molecule has 3 nitrogen and oxygen atoms in total. The van der Waals surface area contributed by atoms with E-state index in [1.165, 1.54) is 6.20 Å². The van der Waals surface area contributed by atoms with Gasteiger partial charge in [-0.1, -0.05) is 28.1 Å². The first-order valence-electron chi connectivity index (χ1n) is 4.50. The molecule has 0 aliphatic rings. The molecule has 0 saturated carbocycles. The highest BCUT2D eigenvalue weighted by molar-refractivity contribution is 9.10. The molecule has 1 unspecified atom stereocenters. The summed E-state index contributed by atoms with van der Waals surface area (Å²) in [5.41, 5.74) is 1.10. The van der Waals surface area contributed by atoms with Gasteiger partial charge in [0.2, 0.25) is 0 Å². The third-order valence-corrected chi connectivity index (χ3v) is 2.47. The molecule has 80 valence electrons. The molecule has 0 aliphatic heterocycles. The first-order chi connectivity index (χ1) is 7.09. The molecule has 0 fully saturated rings. The summed E-state index contributed by atoms with van der Waals surface area (Å²) >= 11 is 3.35. The van der Waals surface area contributed by atoms with Crippen molar-refractivity contribution in [2.24, 2.45) is 0 Å². The van der Waals surface area contributed by atoms with E-state index in [1.807, 2.05) is 31.2 Å². The fraction of sp³-hybridized carbons (Fsp3) is 0.182. The highest BCUT2D eigenvalue weighted by atomic mass is 79.9. The number of hydrogen-bond acceptors (Lipinski definition) is 2. The van der Waals surface area contributed by atoms with Crippen LogP contribution in [0.25, 0.3) is 0 Å². The molecule has 0 bridgehead atoms. The fourth-order valence-corrected chi connectivity index (χ4v) is 1.38. The smallest absolute Gasteiger partial charge is 0.329 e. The molecule has 1 rings (SSSR count). The molecule has 0 aliphatic carbocycles. The van der Waals surface area contributed by atoms with Crippen LogP contribution < -0.4 is 5.32 Å². The predicted molar refractivity (Wildman–Crippen MR) is 62.5 cm³/mol. The van der Waals surface area contributed by atoms with Crippen molar-refractivity contribution in [1.29, 1.82) is 0 Å². The number of halogens is 1. The minimum Gasteiger partial charge on any atom is -0.478 e. The van der Waals surface area contributed by atoms with Crippen LogP contribution in [0.2, 0.25) is 0 Å². The van der Waals surface area contributed by atoms with Crippen LogP contribution in [0.1, 0.15) is 18.5 Å². The lowest BCUT2D eigenvalue weighted by atomic mass is 10.1. The maximum absolute atomic E-state index is 10.2. The quantitative estimate of drug-likeness (QED) is 0.827. The molecule has 2 N–H and O–H groups in total. The van der Waals surface area contributed by atoms with Gasteiger partial charge in [0.15, 0.2) is 0 Å². The van der Waals surface area contributed by atoms with Crippen molar-refractivity contribution in [2.45, 2.75) is 13.0 Å². The summed E-state index contributed by atoms with van der Waals surface area (Å²) in [4.78, 5) is 10.2. The molecular formula is C11H12BrNO2. The maximum Gasteiger partial charge on any atom is 0.329 e. The van der Waals surface area contributed by atoms with Gasteiger partial charge in [0.1, 0.15) is 0 Å². The van der Waals surface area contributed by atoms with Gasteiger partial charge in [-0.15, -0.1) is 0 Å².